The molecule has 1 fully saturated rings. The Morgan fingerprint density at radius 3 is 2.69 bits per heavy atom. The van der Waals surface area contributed by atoms with Crippen molar-refractivity contribution in [2.24, 2.45) is 11.7 Å². The van der Waals surface area contributed by atoms with Crippen LogP contribution in [0.15, 0.2) is 22.7 Å². The van der Waals surface area contributed by atoms with Crippen LogP contribution < -0.4 is 5.73 Å². The zero-order valence-corrected chi connectivity index (χ0v) is 9.34. The van der Waals surface area contributed by atoms with E-state index < -0.39 is 0 Å². The molecule has 1 unspecified atom stereocenters. The maximum atomic E-state index is 6.12. The van der Waals surface area contributed by atoms with Gasteiger partial charge in [0.25, 0.3) is 0 Å². The maximum absolute atomic E-state index is 6.12. The van der Waals surface area contributed by atoms with Gasteiger partial charge >= 0.3 is 0 Å². The summed E-state index contributed by atoms with van der Waals surface area (Å²) in [7, 11) is 0. The van der Waals surface area contributed by atoms with Crippen LogP contribution >= 0.6 is 15.9 Å². The van der Waals surface area contributed by atoms with Crippen LogP contribution in [0.2, 0.25) is 0 Å². The second-order valence-electron chi connectivity index (χ2n) is 3.89. The highest BCUT2D eigenvalue weighted by molar-refractivity contribution is 9.10. The lowest BCUT2D eigenvalue weighted by atomic mass is 10.0. The summed E-state index contributed by atoms with van der Waals surface area (Å²) in [5, 5.41) is 0. The van der Waals surface area contributed by atoms with E-state index in [2.05, 4.69) is 41.1 Å². The summed E-state index contributed by atoms with van der Waals surface area (Å²) in [5.74, 6) is 0.721. The number of nitrogens with two attached hydrogens (primary N) is 1. The largest absolute Gasteiger partial charge is 0.324 e. The second kappa shape index (κ2) is 3.43. The molecule has 1 aromatic carbocycles. The molecule has 1 aliphatic rings. The van der Waals surface area contributed by atoms with Crippen molar-refractivity contribution in [3.05, 3.63) is 33.8 Å². The molecule has 1 nitrogen and oxygen atoms in total. The van der Waals surface area contributed by atoms with Crippen LogP contribution in [0.3, 0.4) is 0 Å². The fraction of sp³-hybridized carbons (Fsp3) is 0.455. The molecule has 1 saturated carbocycles. The fourth-order valence-corrected chi connectivity index (χ4v) is 2.37. The molecule has 1 aliphatic carbocycles. The lowest BCUT2D eigenvalue weighted by Gasteiger charge is -2.13. The monoisotopic (exact) mass is 239 g/mol. The second-order valence-corrected chi connectivity index (χ2v) is 4.74. The minimum absolute atomic E-state index is 0.231. The zero-order chi connectivity index (χ0) is 9.42. The Labute approximate surface area is 87.5 Å². The van der Waals surface area contributed by atoms with Gasteiger partial charge in [-0.25, -0.2) is 0 Å². The van der Waals surface area contributed by atoms with Gasteiger partial charge in [0.15, 0.2) is 0 Å². The van der Waals surface area contributed by atoms with E-state index in [1.165, 1.54) is 24.0 Å². The Kier molecular flexibility index (Phi) is 2.43. The first kappa shape index (κ1) is 9.22. The molecule has 0 radical (unpaired) electrons. The first-order chi connectivity index (χ1) is 6.18. The third-order valence-corrected chi connectivity index (χ3v) is 3.33. The topological polar surface area (TPSA) is 26.0 Å². The number of hydrogen-bond donors (Lipinski definition) is 1. The SMILES string of the molecule is Cc1ccc(C(N)C2CC2)c(Br)c1. The lowest BCUT2D eigenvalue weighted by molar-refractivity contribution is 0.630. The summed E-state index contributed by atoms with van der Waals surface area (Å²) >= 11 is 3.56. The van der Waals surface area contributed by atoms with E-state index in [1.807, 2.05) is 0 Å². The standard InChI is InChI=1S/C11H14BrN/c1-7-2-5-9(10(12)6-7)11(13)8-3-4-8/h2,5-6,8,11H,3-4,13H2,1H3. The smallest absolute Gasteiger partial charge is 0.0334 e. The summed E-state index contributed by atoms with van der Waals surface area (Å²) in [6, 6.07) is 6.64. The Morgan fingerprint density at radius 1 is 1.46 bits per heavy atom. The number of aryl methyl sites for hydroxylation is 1. The average Bonchev–Trinajstić information content (AvgIpc) is 2.85. The number of rotatable bonds is 2. The molecule has 0 aliphatic heterocycles. The van der Waals surface area contributed by atoms with Gasteiger partial charge in [-0.15, -0.1) is 0 Å². The normalized spacial score (nSPS) is 18.7. The van der Waals surface area contributed by atoms with Gasteiger partial charge in [-0.2, -0.15) is 0 Å². The number of hydrogen-bond acceptors (Lipinski definition) is 1. The quantitative estimate of drug-likeness (QED) is 0.844. The van der Waals surface area contributed by atoms with E-state index >= 15 is 0 Å². The maximum Gasteiger partial charge on any atom is 0.0334 e. The molecule has 0 bridgehead atoms. The van der Waals surface area contributed by atoms with Crippen molar-refractivity contribution in [3.63, 3.8) is 0 Å². The molecule has 2 rings (SSSR count). The third kappa shape index (κ3) is 1.94. The van der Waals surface area contributed by atoms with Gasteiger partial charge < -0.3 is 5.73 Å². The number of halogens is 1. The highest BCUT2D eigenvalue weighted by Crippen LogP contribution is 2.41. The minimum Gasteiger partial charge on any atom is -0.324 e. The molecule has 1 atom stereocenters. The molecule has 0 aromatic heterocycles. The van der Waals surface area contributed by atoms with E-state index in [-0.39, 0.29) is 6.04 Å². The Hall–Kier alpha value is -0.340. The van der Waals surface area contributed by atoms with E-state index in [0.717, 1.165) is 10.4 Å². The van der Waals surface area contributed by atoms with E-state index in [1.54, 1.807) is 0 Å². The van der Waals surface area contributed by atoms with Crippen molar-refractivity contribution in [1.82, 2.24) is 0 Å². The molecule has 0 amide bonds. The van der Waals surface area contributed by atoms with Crippen molar-refractivity contribution >= 4 is 15.9 Å². The Balaban J connectivity index is 2.28. The summed E-state index contributed by atoms with van der Waals surface area (Å²) < 4.78 is 1.16. The predicted molar refractivity (Wildman–Crippen MR) is 58.5 cm³/mol. The van der Waals surface area contributed by atoms with Crippen LogP contribution in [0.1, 0.15) is 30.0 Å². The van der Waals surface area contributed by atoms with Gasteiger partial charge in [-0.1, -0.05) is 28.1 Å². The highest BCUT2D eigenvalue weighted by Gasteiger charge is 2.30. The molecule has 2 heteroatoms. The van der Waals surface area contributed by atoms with Gasteiger partial charge in [0.2, 0.25) is 0 Å². The average molecular weight is 240 g/mol. The van der Waals surface area contributed by atoms with Gasteiger partial charge in [0.05, 0.1) is 0 Å². The van der Waals surface area contributed by atoms with Crippen LogP contribution in [0, 0.1) is 12.8 Å². The van der Waals surface area contributed by atoms with Gasteiger partial charge in [0.1, 0.15) is 0 Å². The molecular weight excluding hydrogens is 226 g/mol. The molecular formula is C11H14BrN. The van der Waals surface area contributed by atoms with Crippen LogP contribution in [0.4, 0.5) is 0 Å². The predicted octanol–water partition coefficient (Wildman–Crippen LogP) is 3.17. The lowest BCUT2D eigenvalue weighted by Crippen LogP contribution is -2.12. The molecule has 0 spiro atoms. The van der Waals surface area contributed by atoms with E-state index in [0.29, 0.717) is 0 Å². The van der Waals surface area contributed by atoms with Crippen LogP contribution in [0.25, 0.3) is 0 Å². The minimum atomic E-state index is 0.231. The third-order valence-electron chi connectivity index (χ3n) is 2.64. The summed E-state index contributed by atoms with van der Waals surface area (Å²) in [6.07, 6.45) is 2.59. The van der Waals surface area contributed by atoms with Crippen molar-refractivity contribution in [1.29, 1.82) is 0 Å². The van der Waals surface area contributed by atoms with Crippen molar-refractivity contribution < 1.29 is 0 Å². The first-order valence-electron chi connectivity index (χ1n) is 4.70. The molecule has 2 N–H and O–H groups in total. The van der Waals surface area contributed by atoms with E-state index in [4.69, 9.17) is 5.73 Å². The summed E-state index contributed by atoms with van der Waals surface area (Å²) in [4.78, 5) is 0. The molecule has 70 valence electrons. The summed E-state index contributed by atoms with van der Waals surface area (Å²) in [5.41, 5.74) is 8.66. The van der Waals surface area contributed by atoms with Crippen molar-refractivity contribution in [3.8, 4) is 0 Å². The Morgan fingerprint density at radius 2 is 2.15 bits per heavy atom. The van der Waals surface area contributed by atoms with Crippen molar-refractivity contribution in [2.45, 2.75) is 25.8 Å². The highest BCUT2D eigenvalue weighted by atomic mass is 79.9. The summed E-state index contributed by atoms with van der Waals surface area (Å²) in [6.45, 7) is 2.09. The fourth-order valence-electron chi connectivity index (χ4n) is 1.61. The van der Waals surface area contributed by atoms with Crippen LogP contribution in [0.5, 0.6) is 0 Å². The molecule has 0 saturated heterocycles. The molecule has 0 heterocycles. The van der Waals surface area contributed by atoms with Gasteiger partial charge in [-0.05, 0) is 42.9 Å². The first-order valence-corrected chi connectivity index (χ1v) is 5.49. The Bertz CT molecular complexity index is 318. The molecule has 1 aromatic rings. The van der Waals surface area contributed by atoms with Crippen LogP contribution in [-0.2, 0) is 0 Å². The van der Waals surface area contributed by atoms with Gasteiger partial charge in [-0.3, -0.25) is 0 Å². The van der Waals surface area contributed by atoms with Gasteiger partial charge in [0, 0.05) is 10.5 Å². The van der Waals surface area contributed by atoms with Crippen LogP contribution in [-0.4, -0.2) is 0 Å². The number of benzene rings is 1. The zero-order valence-electron chi connectivity index (χ0n) is 7.76. The van der Waals surface area contributed by atoms with Crippen molar-refractivity contribution in [2.75, 3.05) is 0 Å². The molecule has 13 heavy (non-hydrogen) atoms. The van der Waals surface area contributed by atoms with E-state index in [9.17, 15) is 0 Å².